The van der Waals surface area contributed by atoms with Crippen molar-refractivity contribution in [2.45, 2.75) is 18.8 Å². The summed E-state index contributed by atoms with van der Waals surface area (Å²) in [6.45, 7) is -0.567. The van der Waals surface area contributed by atoms with Gasteiger partial charge >= 0.3 is 6.18 Å². The summed E-state index contributed by atoms with van der Waals surface area (Å²) in [5, 5.41) is 2.61. The minimum Gasteiger partial charge on any atom is -0.378 e. The quantitative estimate of drug-likeness (QED) is 0.866. The molecule has 1 atom stereocenters. The number of carbonyl (C=O) groups excluding carboxylic acids is 1. The molecule has 1 fully saturated rings. The highest BCUT2D eigenvalue weighted by Gasteiger charge is 2.38. The highest BCUT2D eigenvalue weighted by molar-refractivity contribution is 5.82. The van der Waals surface area contributed by atoms with Crippen molar-refractivity contribution in [2.75, 3.05) is 26.3 Å². The highest BCUT2D eigenvalue weighted by Crippen LogP contribution is 2.19. The molecule has 20 heavy (non-hydrogen) atoms. The van der Waals surface area contributed by atoms with Crippen LogP contribution in [-0.2, 0) is 16.1 Å². The van der Waals surface area contributed by atoms with Crippen LogP contribution in [0.3, 0.4) is 0 Å². The third-order valence-electron chi connectivity index (χ3n) is 3.04. The molecule has 1 unspecified atom stereocenters. The molecule has 1 aliphatic rings. The van der Waals surface area contributed by atoms with Gasteiger partial charge in [0.25, 0.3) is 0 Å². The number of amides is 1. The van der Waals surface area contributed by atoms with Gasteiger partial charge in [0, 0.05) is 18.4 Å². The largest absolute Gasteiger partial charge is 0.401 e. The van der Waals surface area contributed by atoms with Crippen LogP contribution in [0.15, 0.2) is 18.3 Å². The van der Waals surface area contributed by atoms with Gasteiger partial charge in [0.15, 0.2) is 0 Å². The summed E-state index contributed by atoms with van der Waals surface area (Å²) in [5.74, 6) is -0.455. The Bertz CT molecular complexity index is 434. The van der Waals surface area contributed by atoms with Gasteiger partial charge in [-0.05, 0) is 12.1 Å². The number of aromatic nitrogens is 1. The van der Waals surface area contributed by atoms with E-state index >= 15 is 0 Å². The maximum Gasteiger partial charge on any atom is 0.401 e. The van der Waals surface area contributed by atoms with E-state index in [0.717, 1.165) is 10.6 Å². The molecule has 112 valence electrons. The number of nitrogens with zero attached hydrogens (tertiary/aromatic N) is 1. The summed E-state index contributed by atoms with van der Waals surface area (Å²) < 4.78 is 42.5. The van der Waals surface area contributed by atoms with E-state index in [4.69, 9.17) is 4.74 Å². The number of alkyl halides is 3. The van der Waals surface area contributed by atoms with Gasteiger partial charge in [-0.15, -0.1) is 0 Å². The van der Waals surface area contributed by atoms with E-state index in [-0.39, 0.29) is 26.3 Å². The maximum absolute atomic E-state index is 12.5. The minimum absolute atomic E-state index is 0.0212. The van der Waals surface area contributed by atoms with Crippen LogP contribution >= 0.6 is 0 Å². The van der Waals surface area contributed by atoms with Gasteiger partial charge in [0.05, 0.1) is 26.3 Å². The molecular weight excluding hydrogens is 275 g/mol. The van der Waals surface area contributed by atoms with Crippen molar-refractivity contribution in [1.29, 1.82) is 0 Å². The normalized spacial score (nSPS) is 20.9. The van der Waals surface area contributed by atoms with Gasteiger partial charge < -0.3 is 15.0 Å². The zero-order chi connectivity index (χ0) is 14.6. The van der Waals surface area contributed by atoms with Crippen molar-refractivity contribution in [3.05, 3.63) is 24.0 Å². The zero-order valence-electron chi connectivity index (χ0n) is 10.7. The Morgan fingerprint density at radius 2 is 2.35 bits per heavy atom. The van der Waals surface area contributed by atoms with Crippen LogP contribution < -0.4 is 5.32 Å². The summed E-state index contributed by atoms with van der Waals surface area (Å²) in [5.41, 5.74) is 0.789. The van der Waals surface area contributed by atoms with E-state index in [1.165, 1.54) is 0 Å². The minimum atomic E-state index is -4.32. The molecule has 2 rings (SSSR count). The van der Waals surface area contributed by atoms with Crippen LogP contribution in [0.25, 0.3) is 0 Å². The Hall–Kier alpha value is -1.54. The Morgan fingerprint density at radius 1 is 1.55 bits per heavy atom. The number of hydrogen-bond donors (Lipinski definition) is 2. The highest BCUT2D eigenvalue weighted by atomic mass is 19.4. The molecule has 1 aromatic rings. The molecule has 8 heteroatoms. The van der Waals surface area contributed by atoms with Gasteiger partial charge in [-0.1, -0.05) is 0 Å². The van der Waals surface area contributed by atoms with Crippen molar-refractivity contribution in [3.8, 4) is 0 Å². The van der Waals surface area contributed by atoms with E-state index in [9.17, 15) is 18.0 Å². The molecule has 1 aromatic heterocycles. The van der Waals surface area contributed by atoms with Gasteiger partial charge in [-0.2, -0.15) is 13.2 Å². The van der Waals surface area contributed by atoms with Crippen LogP contribution in [0, 0.1) is 0 Å². The first kappa shape index (κ1) is 14.9. The SMILES string of the molecule is O=C(NCc1ccc[nH]1)C1COCCN1CC(F)(F)F. The Morgan fingerprint density at radius 3 is 3.00 bits per heavy atom. The van der Waals surface area contributed by atoms with Crippen LogP contribution in [-0.4, -0.2) is 54.3 Å². The average molecular weight is 291 g/mol. The molecule has 2 N–H and O–H groups in total. The summed E-state index contributed by atoms with van der Waals surface area (Å²) in [7, 11) is 0. The Labute approximate surface area is 114 Å². The van der Waals surface area contributed by atoms with Gasteiger partial charge in [-0.3, -0.25) is 9.69 Å². The molecule has 2 heterocycles. The number of ether oxygens (including phenoxy) is 1. The van der Waals surface area contributed by atoms with E-state index < -0.39 is 24.7 Å². The fourth-order valence-corrected chi connectivity index (χ4v) is 2.08. The molecule has 0 aromatic carbocycles. The van der Waals surface area contributed by atoms with E-state index in [2.05, 4.69) is 10.3 Å². The number of carbonyl (C=O) groups is 1. The number of aromatic amines is 1. The lowest BCUT2D eigenvalue weighted by molar-refractivity contribution is -0.166. The Kier molecular flexibility index (Phi) is 4.66. The summed E-state index contributed by atoms with van der Waals surface area (Å²) in [4.78, 5) is 16.0. The molecular formula is C12H16F3N3O2. The van der Waals surface area contributed by atoms with E-state index in [1.807, 2.05) is 0 Å². The van der Waals surface area contributed by atoms with Gasteiger partial charge in [0.2, 0.25) is 5.91 Å². The second-order valence-electron chi connectivity index (χ2n) is 4.59. The molecule has 0 bridgehead atoms. The van der Waals surface area contributed by atoms with Crippen LogP contribution in [0.2, 0.25) is 0 Å². The predicted octanol–water partition coefficient (Wildman–Crippen LogP) is 0.894. The lowest BCUT2D eigenvalue weighted by Gasteiger charge is -2.34. The predicted molar refractivity (Wildman–Crippen MR) is 64.9 cm³/mol. The monoisotopic (exact) mass is 291 g/mol. The number of hydrogen-bond acceptors (Lipinski definition) is 3. The summed E-state index contributed by atoms with van der Waals surface area (Å²) >= 11 is 0. The third kappa shape index (κ3) is 4.24. The first-order valence-corrected chi connectivity index (χ1v) is 6.24. The molecule has 1 saturated heterocycles. The Balaban J connectivity index is 1.91. The second-order valence-corrected chi connectivity index (χ2v) is 4.59. The molecule has 1 aliphatic heterocycles. The first-order chi connectivity index (χ1) is 9.46. The van der Waals surface area contributed by atoms with Gasteiger partial charge in [0.1, 0.15) is 6.04 Å². The van der Waals surface area contributed by atoms with Crippen molar-refractivity contribution >= 4 is 5.91 Å². The molecule has 0 spiro atoms. The number of H-pyrrole nitrogens is 1. The fraction of sp³-hybridized carbons (Fsp3) is 0.583. The number of halogens is 3. The third-order valence-corrected chi connectivity index (χ3v) is 3.04. The average Bonchev–Trinajstić information content (AvgIpc) is 2.88. The second kappa shape index (κ2) is 6.27. The van der Waals surface area contributed by atoms with Crippen LogP contribution in [0.4, 0.5) is 13.2 Å². The summed E-state index contributed by atoms with van der Waals surface area (Å²) in [6, 6.07) is 2.66. The maximum atomic E-state index is 12.5. The van der Waals surface area contributed by atoms with Crippen molar-refractivity contribution in [1.82, 2.24) is 15.2 Å². The molecule has 0 aliphatic carbocycles. The van der Waals surface area contributed by atoms with E-state index in [0.29, 0.717) is 0 Å². The molecule has 1 amide bonds. The van der Waals surface area contributed by atoms with Gasteiger partial charge in [-0.25, -0.2) is 0 Å². The number of rotatable bonds is 4. The smallest absolute Gasteiger partial charge is 0.378 e. The van der Waals surface area contributed by atoms with Crippen molar-refractivity contribution < 1.29 is 22.7 Å². The van der Waals surface area contributed by atoms with Crippen molar-refractivity contribution in [3.63, 3.8) is 0 Å². The van der Waals surface area contributed by atoms with Crippen LogP contribution in [0.1, 0.15) is 5.69 Å². The fourth-order valence-electron chi connectivity index (χ4n) is 2.08. The number of nitrogens with one attached hydrogen (secondary N) is 2. The lowest BCUT2D eigenvalue weighted by Crippen LogP contribution is -2.55. The lowest BCUT2D eigenvalue weighted by atomic mass is 10.2. The van der Waals surface area contributed by atoms with Crippen molar-refractivity contribution in [2.24, 2.45) is 0 Å². The standard InChI is InChI=1S/C12H16F3N3O2/c13-12(14,15)8-18-4-5-20-7-10(18)11(19)17-6-9-2-1-3-16-9/h1-3,10,16H,4-8H2,(H,17,19). The molecule has 0 saturated carbocycles. The zero-order valence-corrected chi connectivity index (χ0v) is 10.7. The van der Waals surface area contributed by atoms with Crippen LogP contribution in [0.5, 0.6) is 0 Å². The van der Waals surface area contributed by atoms with E-state index in [1.54, 1.807) is 18.3 Å². The number of morpholine rings is 1. The topological polar surface area (TPSA) is 57.4 Å². The summed E-state index contributed by atoms with van der Waals surface area (Å²) in [6.07, 6.45) is -2.61. The first-order valence-electron chi connectivity index (χ1n) is 6.24. The molecule has 5 nitrogen and oxygen atoms in total. The molecule has 0 radical (unpaired) electrons.